The molecular weight excluding hydrogens is 212 g/mol. The van der Waals surface area contributed by atoms with Crippen LogP contribution in [0.25, 0.3) is 0 Å². The normalized spacial score (nSPS) is 26.0. The first-order valence-electron chi connectivity index (χ1n) is 5.46. The van der Waals surface area contributed by atoms with E-state index in [1.54, 1.807) is 11.8 Å². The van der Waals surface area contributed by atoms with E-state index in [1.807, 2.05) is 4.68 Å². The van der Waals surface area contributed by atoms with Gasteiger partial charge < -0.3 is 4.74 Å². The van der Waals surface area contributed by atoms with Crippen LogP contribution in [0.5, 0.6) is 0 Å². The molecule has 0 aromatic carbocycles. The lowest BCUT2D eigenvalue weighted by Gasteiger charge is -2.07. The highest BCUT2D eigenvalue weighted by Gasteiger charge is 2.28. The predicted octanol–water partition coefficient (Wildman–Crippen LogP) is 1.28. The summed E-state index contributed by atoms with van der Waals surface area (Å²) < 4.78 is 7.53. The number of tetrazole rings is 1. The van der Waals surface area contributed by atoms with Gasteiger partial charge in [0, 0.05) is 12.4 Å². The number of rotatable bonds is 4. The summed E-state index contributed by atoms with van der Waals surface area (Å²) in [6.45, 7) is 0.915. The summed E-state index contributed by atoms with van der Waals surface area (Å²) in [5, 5.41) is 12.7. The molecular formula is C9H14N4OS. The van der Waals surface area contributed by atoms with Gasteiger partial charge in [0.1, 0.15) is 0 Å². The van der Waals surface area contributed by atoms with Crippen molar-refractivity contribution in [1.29, 1.82) is 0 Å². The number of thioether (sulfide) groups is 1. The molecule has 2 aliphatic rings. The molecule has 0 N–H and O–H groups in total. The van der Waals surface area contributed by atoms with Crippen molar-refractivity contribution < 1.29 is 4.74 Å². The van der Waals surface area contributed by atoms with Crippen LogP contribution in [0.2, 0.25) is 0 Å². The zero-order chi connectivity index (χ0) is 10.1. The van der Waals surface area contributed by atoms with Crippen molar-refractivity contribution in [2.24, 2.45) is 0 Å². The van der Waals surface area contributed by atoms with E-state index in [0.717, 1.165) is 17.5 Å². The van der Waals surface area contributed by atoms with Crippen LogP contribution in [0.1, 0.15) is 31.7 Å². The minimum absolute atomic E-state index is 0.402. The molecule has 1 aromatic rings. The van der Waals surface area contributed by atoms with Gasteiger partial charge in [-0.3, -0.25) is 0 Å². The first kappa shape index (κ1) is 9.59. The topological polar surface area (TPSA) is 52.8 Å². The third kappa shape index (κ3) is 2.15. The quantitative estimate of drug-likeness (QED) is 0.724. The van der Waals surface area contributed by atoms with E-state index in [0.29, 0.717) is 12.1 Å². The second-order valence-electron chi connectivity index (χ2n) is 4.08. The van der Waals surface area contributed by atoms with Gasteiger partial charge >= 0.3 is 0 Å². The van der Waals surface area contributed by atoms with Crippen molar-refractivity contribution >= 4 is 11.8 Å². The van der Waals surface area contributed by atoms with E-state index >= 15 is 0 Å². The summed E-state index contributed by atoms with van der Waals surface area (Å²) in [7, 11) is 0. The number of hydrogen-bond acceptors (Lipinski definition) is 5. The van der Waals surface area contributed by atoms with E-state index in [1.165, 1.54) is 25.7 Å². The van der Waals surface area contributed by atoms with Crippen molar-refractivity contribution in [3.63, 3.8) is 0 Å². The second-order valence-corrected chi connectivity index (χ2v) is 5.07. The first-order chi connectivity index (χ1) is 7.43. The molecule has 5 nitrogen and oxygen atoms in total. The van der Waals surface area contributed by atoms with Gasteiger partial charge in [-0.2, -0.15) is 0 Å². The van der Waals surface area contributed by atoms with Crippen molar-refractivity contribution in [3.05, 3.63) is 0 Å². The monoisotopic (exact) mass is 226 g/mol. The summed E-state index contributed by atoms with van der Waals surface area (Å²) >= 11 is 1.72. The lowest BCUT2D eigenvalue weighted by molar-refractivity contribution is 0.129. The lowest BCUT2D eigenvalue weighted by atomic mass is 10.3. The Bertz CT molecular complexity index is 333. The second kappa shape index (κ2) is 4.09. The average molecular weight is 226 g/mol. The molecule has 1 unspecified atom stereocenters. The Balaban J connectivity index is 1.58. The molecule has 1 atom stereocenters. The van der Waals surface area contributed by atoms with Gasteiger partial charge in [-0.05, 0) is 36.1 Å². The van der Waals surface area contributed by atoms with Crippen LogP contribution in [-0.4, -0.2) is 38.7 Å². The lowest BCUT2D eigenvalue weighted by Crippen LogP contribution is -2.09. The Morgan fingerprint density at radius 2 is 2.33 bits per heavy atom. The molecule has 6 heteroatoms. The van der Waals surface area contributed by atoms with Crippen LogP contribution >= 0.6 is 11.8 Å². The average Bonchev–Trinajstić information content (AvgIpc) is 2.81. The van der Waals surface area contributed by atoms with Gasteiger partial charge in [-0.25, -0.2) is 4.68 Å². The maximum atomic E-state index is 5.57. The minimum Gasteiger partial charge on any atom is -0.377 e. The fourth-order valence-corrected chi connectivity index (χ4v) is 2.78. The van der Waals surface area contributed by atoms with Crippen LogP contribution in [0.3, 0.4) is 0 Å². The Labute approximate surface area is 92.6 Å². The van der Waals surface area contributed by atoms with Gasteiger partial charge in [-0.15, -0.1) is 5.10 Å². The van der Waals surface area contributed by atoms with Gasteiger partial charge in [0.2, 0.25) is 5.16 Å². The maximum absolute atomic E-state index is 5.57. The van der Waals surface area contributed by atoms with E-state index in [2.05, 4.69) is 15.5 Å². The molecule has 1 saturated carbocycles. The molecule has 2 heterocycles. The Morgan fingerprint density at radius 1 is 1.40 bits per heavy atom. The largest absolute Gasteiger partial charge is 0.377 e. The number of ether oxygens (including phenoxy) is 1. The standard InChI is InChI=1S/C9H14N4OS/c1-2-8(14-5-1)6-15-9-10-11-12-13(9)7-3-4-7/h7-8H,1-6H2. The fourth-order valence-electron chi connectivity index (χ4n) is 1.77. The fraction of sp³-hybridized carbons (Fsp3) is 0.889. The van der Waals surface area contributed by atoms with Crippen molar-refractivity contribution in [2.45, 2.75) is 43.0 Å². The molecule has 2 fully saturated rings. The molecule has 0 spiro atoms. The first-order valence-corrected chi connectivity index (χ1v) is 6.44. The van der Waals surface area contributed by atoms with Crippen LogP contribution in [0.4, 0.5) is 0 Å². The SMILES string of the molecule is C1COC(CSc2nnnn2C2CC2)C1. The highest BCUT2D eigenvalue weighted by atomic mass is 32.2. The molecule has 15 heavy (non-hydrogen) atoms. The van der Waals surface area contributed by atoms with Gasteiger partial charge in [0.15, 0.2) is 0 Å². The van der Waals surface area contributed by atoms with E-state index in [-0.39, 0.29) is 0 Å². The summed E-state index contributed by atoms with van der Waals surface area (Å²) in [5.74, 6) is 0.979. The van der Waals surface area contributed by atoms with Crippen molar-refractivity contribution in [2.75, 3.05) is 12.4 Å². The van der Waals surface area contributed by atoms with E-state index in [9.17, 15) is 0 Å². The third-order valence-corrected chi connectivity index (χ3v) is 3.84. The van der Waals surface area contributed by atoms with Crippen molar-refractivity contribution in [3.8, 4) is 0 Å². The Morgan fingerprint density at radius 3 is 3.07 bits per heavy atom. The molecule has 82 valence electrons. The molecule has 0 amide bonds. The van der Waals surface area contributed by atoms with Crippen LogP contribution < -0.4 is 0 Å². The summed E-state index contributed by atoms with van der Waals surface area (Å²) in [6.07, 6.45) is 5.22. The molecule has 0 bridgehead atoms. The maximum Gasteiger partial charge on any atom is 0.209 e. The minimum atomic E-state index is 0.402. The Kier molecular flexibility index (Phi) is 2.62. The predicted molar refractivity (Wildman–Crippen MR) is 55.8 cm³/mol. The zero-order valence-electron chi connectivity index (χ0n) is 8.50. The van der Waals surface area contributed by atoms with Crippen LogP contribution in [0, 0.1) is 0 Å². The number of hydrogen-bond donors (Lipinski definition) is 0. The number of nitrogens with zero attached hydrogens (tertiary/aromatic N) is 4. The van der Waals surface area contributed by atoms with E-state index in [4.69, 9.17) is 4.74 Å². The van der Waals surface area contributed by atoms with Gasteiger partial charge in [0.05, 0.1) is 12.1 Å². The summed E-state index contributed by atoms with van der Waals surface area (Å²) in [4.78, 5) is 0. The number of aromatic nitrogens is 4. The summed E-state index contributed by atoms with van der Waals surface area (Å²) in [6, 6.07) is 0.562. The van der Waals surface area contributed by atoms with Gasteiger partial charge in [0.25, 0.3) is 0 Å². The molecule has 0 radical (unpaired) electrons. The highest BCUT2D eigenvalue weighted by molar-refractivity contribution is 7.99. The van der Waals surface area contributed by atoms with E-state index < -0.39 is 0 Å². The van der Waals surface area contributed by atoms with Crippen LogP contribution in [0.15, 0.2) is 5.16 Å². The smallest absolute Gasteiger partial charge is 0.209 e. The molecule has 1 aliphatic carbocycles. The van der Waals surface area contributed by atoms with Crippen LogP contribution in [-0.2, 0) is 4.74 Å². The van der Waals surface area contributed by atoms with Gasteiger partial charge in [-0.1, -0.05) is 11.8 Å². The zero-order valence-corrected chi connectivity index (χ0v) is 9.32. The third-order valence-electron chi connectivity index (χ3n) is 2.78. The Hall–Kier alpha value is -0.620. The summed E-state index contributed by atoms with van der Waals surface area (Å²) in [5.41, 5.74) is 0. The molecule has 1 aliphatic heterocycles. The molecule has 3 rings (SSSR count). The highest BCUT2D eigenvalue weighted by Crippen LogP contribution is 2.36. The molecule has 1 saturated heterocycles. The molecule has 1 aromatic heterocycles. The van der Waals surface area contributed by atoms with Crippen molar-refractivity contribution in [1.82, 2.24) is 20.2 Å².